The second kappa shape index (κ2) is 8.75. The molecule has 0 bridgehead atoms. The number of para-hydroxylation sites is 3. The third kappa shape index (κ3) is 3.42. The molecule has 2 aromatic heterocycles. The van der Waals surface area contributed by atoms with Crippen LogP contribution in [-0.4, -0.2) is 9.13 Å². The van der Waals surface area contributed by atoms with Gasteiger partial charge in [-0.3, -0.25) is 0 Å². The summed E-state index contributed by atoms with van der Waals surface area (Å²) in [5.41, 5.74) is 11.0. The van der Waals surface area contributed by atoms with E-state index in [2.05, 4.69) is 155 Å². The maximum Gasteiger partial charge on any atom is 0.0541 e. The predicted octanol–water partition coefficient (Wildman–Crippen LogP) is 9.82. The third-order valence-corrected chi connectivity index (χ3v) is 7.93. The van der Waals surface area contributed by atoms with Gasteiger partial charge in [0.15, 0.2) is 0 Å². The predicted molar refractivity (Wildman–Crippen MR) is 166 cm³/mol. The standard InChI is InChI=1S/C37H26N2/c1-2-13-30-33-16-6-9-20-37(33)39(36(30)17-3-1)29-12-10-11-27(25-29)26-21-23-28(24-22-26)38-34-18-7-4-14-31(34)32-15-5-8-19-35(32)38/h2-25H,1H2. The van der Waals surface area contributed by atoms with Crippen LogP contribution in [0, 0.1) is 0 Å². The van der Waals surface area contributed by atoms with Crippen molar-refractivity contribution in [1.82, 2.24) is 9.13 Å². The summed E-state index contributed by atoms with van der Waals surface area (Å²) in [6.45, 7) is 0. The van der Waals surface area contributed by atoms with Crippen molar-refractivity contribution in [2.24, 2.45) is 0 Å². The summed E-state index contributed by atoms with van der Waals surface area (Å²) >= 11 is 0. The van der Waals surface area contributed by atoms with Gasteiger partial charge < -0.3 is 9.13 Å². The van der Waals surface area contributed by atoms with Gasteiger partial charge in [-0.1, -0.05) is 97.1 Å². The first-order valence-corrected chi connectivity index (χ1v) is 13.5. The molecule has 184 valence electrons. The highest BCUT2D eigenvalue weighted by Gasteiger charge is 2.16. The van der Waals surface area contributed by atoms with Crippen molar-refractivity contribution in [3.05, 3.63) is 145 Å². The fourth-order valence-electron chi connectivity index (χ4n) is 6.17. The Labute approximate surface area is 227 Å². The molecule has 1 aliphatic carbocycles. The van der Waals surface area contributed by atoms with Crippen LogP contribution in [0.5, 0.6) is 0 Å². The molecule has 7 aromatic rings. The molecular formula is C37H26N2. The minimum absolute atomic E-state index is 0.960. The van der Waals surface area contributed by atoms with E-state index in [1.165, 1.54) is 66.5 Å². The fraction of sp³-hybridized carbons (Fsp3) is 0.0270. The highest BCUT2D eigenvalue weighted by Crippen LogP contribution is 2.35. The lowest BCUT2D eigenvalue weighted by atomic mass is 10.0. The summed E-state index contributed by atoms with van der Waals surface area (Å²) < 4.78 is 4.76. The number of benzene rings is 5. The Morgan fingerprint density at radius 3 is 1.77 bits per heavy atom. The van der Waals surface area contributed by atoms with E-state index in [0.717, 1.165) is 6.42 Å². The van der Waals surface area contributed by atoms with Crippen molar-refractivity contribution >= 4 is 44.9 Å². The lowest BCUT2D eigenvalue weighted by molar-refractivity contribution is 1.11. The molecule has 8 rings (SSSR count). The maximum atomic E-state index is 2.40. The summed E-state index contributed by atoms with van der Waals surface area (Å²) in [5.74, 6) is 0. The molecule has 2 heteroatoms. The van der Waals surface area contributed by atoms with Crippen molar-refractivity contribution < 1.29 is 0 Å². The Kier molecular flexibility index (Phi) is 4.92. The van der Waals surface area contributed by atoms with E-state index >= 15 is 0 Å². The average molecular weight is 499 g/mol. The Morgan fingerprint density at radius 2 is 1.05 bits per heavy atom. The summed E-state index contributed by atoms with van der Waals surface area (Å²) in [6.07, 6.45) is 9.98. The van der Waals surface area contributed by atoms with Crippen LogP contribution < -0.4 is 0 Å². The Balaban J connectivity index is 1.24. The van der Waals surface area contributed by atoms with E-state index in [0.29, 0.717) is 0 Å². The van der Waals surface area contributed by atoms with Gasteiger partial charge in [-0.05, 0) is 66.1 Å². The number of hydrogen-bond acceptors (Lipinski definition) is 0. The minimum Gasteiger partial charge on any atom is -0.309 e. The topological polar surface area (TPSA) is 9.86 Å². The Morgan fingerprint density at radius 1 is 0.436 bits per heavy atom. The van der Waals surface area contributed by atoms with Gasteiger partial charge in [-0.15, -0.1) is 0 Å². The second-order valence-electron chi connectivity index (χ2n) is 10.2. The van der Waals surface area contributed by atoms with Crippen molar-refractivity contribution in [3.8, 4) is 22.5 Å². The smallest absolute Gasteiger partial charge is 0.0541 e. The number of rotatable bonds is 3. The van der Waals surface area contributed by atoms with Crippen LogP contribution in [0.4, 0.5) is 0 Å². The molecule has 2 heterocycles. The van der Waals surface area contributed by atoms with Crippen LogP contribution in [0.25, 0.3) is 67.4 Å². The average Bonchev–Trinajstić information content (AvgIpc) is 3.38. The molecular weight excluding hydrogens is 472 g/mol. The number of aromatic nitrogens is 2. The third-order valence-electron chi connectivity index (χ3n) is 7.93. The SMILES string of the molecule is C1=Cc2c(n(-c3cccc(-c4ccc(-n5c6ccccc6c6ccccc65)cc4)c3)c3ccccc23)C=CC1. The zero-order valence-electron chi connectivity index (χ0n) is 21.5. The van der Waals surface area contributed by atoms with Gasteiger partial charge in [0.2, 0.25) is 0 Å². The monoisotopic (exact) mass is 498 g/mol. The molecule has 0 spiro atoms. The van der Waals surface area contributed by atoms with Gasteiger partial charge in [0.1, 0.15) is 0 Å². The van der Waals surface area contributed by atoms with Gasteiger partial charge in [-0.25, -0.2) is 0 Å². The molecule has 0 aliphatic heterocycles. The molecule has 0 unspecified atom stereocenters. The highest BCUT2D eigenvalue weighted by atomic mass is 15.0. The van der Waals surface area contributed by atoms with E-state index in [1.807, 2.05) is 0 Å². The maximum absolute atomic E-state index is 2.40. The second-order valence-corrected chi connectivity index (χ2v) is 10.2. The first-order valence-electron chi connectivity index (χ1n) is 13.5. The van der Waals surface area contributed by atoms with Gasteiger partial charge in [0, 0.05) is 33.1 Å². The first kappa shape index (κ1) is 22.0. The van der Waals surface area contributed by atoms with Crippen LogP contribution in [0.1, 0.15) is 17.7 Å². The van der Waals surface area contributed by atoms with Crippen LogP contribution in [0.15, 0.2) is 133 Å². The van der Waals surface area contributed by atoms with Crippen LogP contribution in [0.3, 0.4) is 0 Å². The molecule has 39 heavy (non-hydrogen) atoms. The van der Waals surface area contributed by atoms with Gasteiger partial charge in [-0.2, -0.15) is 0 Å². The molecule has 0 amide bonds. The largest absolute Gasteiger partial charge is 0.309 e. The molecule has 0 radical (unpaired) electrons. The quantitative estimate of drug-likeness (QED) is 0.229. The fourth-order valence-corrected chi connectivity index (χ4v) is 6.17. The molecule has 0 fully saturated rings. The van der Waals surface area contributed by atoms with E-state index < -0.39 is 0 Å². The summed E-state index contributed by atoms with van der Waals surface area (Å²) in [7, 11) is 0. The molecule has 0 saturated carbocycles. The summed E-state index contributed by atoms with van der Waals surface area (Å²) in [6, 6.07) is 43.9. The van der Waals surface area contributed by atoms with E-state index in [1.54, 1.807) is 0 Å². The number of nitrogens with zero attached hydrogens (tertiary/aromatic N) is 2. The van der Waals surface area contributed by atoms with E-state index in [9.17, 15) is 0 Å². The molecule has 0 saturated heterocycles. The van der Waals surface area contributed by atoms with Crippen molar-refractivity contribution in [1.29, 1.82) is 0 Å². The summed E-state index contributed by atoms with van der Waals surface area (Å²) in [4.78, 5) is 0. The number of fused-ring (bicyclic) bond motifs is 6. The van der Waals surface area contributed by atoms with Gasteiger partial charge in [0.25, 0.3) is 0 Å². The lowest BCUT2D eigenvalue weighted by Crippen LogP contribution is -1.97. The molecule has 0 atom stereocenters. The van der Waals surface area contributed by atoms with Crippen LogP contribution in [0.2, 0.25) is 0 Å². The van der Waals surface area contributed by atoms with Gasteiger partial charge >= 0.3 is 0 Å². The van der Waals surface area contributed by atoms with Crippen molar-refractivity contribution in [2.45, 2.75) is 6.42 Å². The Bertz CT molecular complexity index is 2030. The van der Waals surface area contributed by atoms with Crippen LogP contribution >= 0.6 is 0 Å². The first-order chi connectivity index (χ1) is 19.4. The summed E-state index contributed by atoms with van der Waals surface area (Å²) in [5, 5.41) is 3.86. The molecule has 1 aliphatic rings. The van der Waals surface area contributed by atoms with Gasteiger partial charge in [0.05, 0.1) is 22.2 Å². The molecule has 5 aromatic carbocycles. The van der Waals surface area contributed by atoms with Crippen molar-refractivity contribution in [3.63, 3.8) is 0 Å². The number of hydrogen-bond donors (Lipinski definition) is 0. The highest BCUT2D eigenvalue weighted by molar-refractivity contribution is 6.09. The Hall–Kier alpha value is -5.08. The number of allylic oxidation sites excluding steroid dienone is 2. The molecule has 0 N–H and O–H groups in total. The van der Waals surface area contributed by atoms with Crippen LogP contribution in [-0.2, 0) is 0 Å². The van der Waals surface area contributed by atoms with E-state index in [-0.39, 0.29) is 0 Å². The van der Waals surface area contributed by atoms with Crippen molar-refractivity contribution in [2.75, 3.05) is 0 Å². The zero-order chi connectivity index (χ0) is 25.8. The normalized spacial score (nSPS) is 12.8. The minimum atomic E-state index is 0.960. The zero-order valence-corrected chi connectivity index (χ0v) is 21.5. The lowest BCUT2D eigenvalue weighted by Gasteiger charge is -2.12. The van der Waals surface area contributed by atoms with E-state index in [4.69, 9.17) is 0 Å². The molecule has 2 nitrogen and oxygen atoms in total.